The average molecular weight is 466 g/mol. The fourth-order valence-electron chi connectivity index (χ4n) is 3.32. The summed E-state index contributed by atoms with van der Waals surface area (Å²) in [5, 5.41) is 19.5. The molecule has 162 valence electrons. The van der Waals surface area contributed by atoms with Crippen LogP contribution < -0.4 is 10.2 Å². The molecule has 31 heavy (non-hydrogen) atoms. The second-order valence-corrected chi connectivity index (χ2v) is 8.87. The topological polar surface area (TPSA) is 94.1 Å². The summed E-state index contributed by atoms with van der Waals surface area (Å²) in [7, 11) is 0. The van der Waals surface area contributed by atoms with Gasteiger partial charge in [0.05, 0.1) is 17.4 Å². The van der Waals surface area contributed by atoms with Gasteiger partial charge >= 0.3 is 4.71 Å². The summed E-state index contributed by atoms with van der Waals surface area (Å²) in [6.07, 6.45) is 3.30. The van der Waals surface area contributed by atoms with Crippen LogP contribution in [-0.2, 0) is 0 Å². The van der Waals surface area contributed by atoms with E-state index in [4.69, 9.17) is 11.6 Å². The molecule has 3 aromatic rings. The van der Waals surface area contributed by atoms with Crippen LogP contribution in [0.1, 0.15) is 16.8 Å². The van der Waals surface area contributed by atoms with Crippen LogP contribution >= 0.6 is 23.4 Å². The van der Waals surface area contributed by atoms with Gasteiger partial charge in [-0.3, -0.25) is 9.89 Å². The van der Waals surface area contributed by atoms with E-state index in [9.17, 15) is 18.7 Å². The van der Waals surface area contributed by atoms with Gasteiger partial charge in [0.2, 0.25) is 0 Å². The highest BCUT2D eigenvalue weighted by Crippen LogP contribution is 2.39. The summed E-state index contributed by atoms with van der Waals surface area (Å²) in [6.45, 7) is 1.12. The van der Waals surface area contributed by atoms with E-state index in [1.165, 1.54) is 30.5 Å². The number of nitrogens with one attached hydrogen (secondary N) is 2. The maximum absolute atomic E-state index is 12.9. The summed E-state index contributed by atoms with van der Waals surface area (Å²) < 4.78 is 22.4. The first-order valence-corrected chi connectivity index (χ1v) is 10.6. The molecular formula is C20H18ClF2N5O2S. The van der Waals surface area contributed by atoms with E-state index in [1.807, 2.05) is 4.90 Å². The zero-order valence-corrected chi connectivity index (χ0v) is 17.6. The molecule has 0 aliphatic carbocycles. The predicted molar refractivity (Wildman–Crippen MR) is 116 cm³/mol. The number of alkyl halides is 3. The van der Waals surface area contributed by atoms with Crippen LogP contribution in [0.3, 0.4) is 0 Å². The number of aliphatic hydroxyl groups excluding tert-OH is 1. The van der Waals surface area contributed by atoms with Crippen molar-refractivity contribution in [1.82, 2.24) is 15.2 Å². The smallest absolute Gasteiger partial charge is 0.375 e. The molecule has 0 saturated carbocycles. The molecule has 0 radical (unpaired) electrons. The summed E-state index contributed by atoms with van der Waals surface area (Å²) in [5.74, 6) is 0.255. The number of halogens is 3. The Balaban J connectivity index is 1.55. The number of anilines is 2. The Hall–Kier alpha value is -2.69. The number of hydrogen-bond donors (Lipinski definition) is 3. The maximum Gasteiger partial charge on any atom is 0.375 e. The average Bonchev–Trinajstić information content (AvgIpc) is 3.40. The zero-order valence-electron chi connectivity index (χ0n) is 16.1. The van der Waals surface area contributed by atoms with Crippen molar-refractivity contribution in [3.8, 4) is 11.3 Å². The molecule has 3 N–H and O–H groups in total. The number of H-pyrrole nitrogens is 1. The number of pyridine rings is 1. The molecule has 3 heterocycles. The molecule has 0 bridgehead atoms. The molecule has 1 aliphatic rings. The van der Waals surface area contributed by atoms with Crippen molar-refractivity contribution < 1.29 is 18.7 Å². The largest absolute Gasteiger partial charge is 0.391 e. The van der Waals surface area contributed by atoms with E-state index in [0.29, 0.717) is 47.8 Å². The molecule has 1 unspecified atom stereocenters. The first-order valence-electron chi connectivity index (χ1n) is 9.38. The van der Waals surface area contributed by atoms with E-state index in [0.717, 1.165) is 0 Å². The quantitative estimate of drug-likeness (QED) is 0.373. The lowest BCUT2D eigenvalue weighted by Gasteiger charge is -2.20. The molecule has 1 aromatic carbocycles. The van der Waals surface area contributed by atoms with E-state index >= 15 is 0 Å². The first-order chi connectivity index (χ1) is 14.8. The summed E-state index contributed by atoms with van der Waals surface area (Å²) >= 11 is 5.14. The number of benzene rings is 1. The Morgan fingerprint density at radius 1 is 1.32 bits per heavy atom. The summed E-state index contributed by atoms with van der Waals surface area (Å²) in [4.78, 5) is 19.5. The number of aromatic nitrogens is 3. The van der Waals surface area contributed by atoms with Crippen molar-refractivity contribution in [3.05, 3.63) is 54.4 Å². The van der Waals surface area contributed by atoms with Crippen LogP contribution in [0.4, 0.5) is 20.3 Å². The Morgan fingerprint density at radius 2 is 2.10 bits per heavy atom. The second-order valence-electron chi connectivity index (χ2n) is 6.98. The van der Waals surface area contributed by atoms with Gasteiger partial charge < -0.3 is 15.3 Å². The number of amides is 1. The number of rotatable bonds is 6. The Morgan fingerprint density at radius 3 is 2.71 bits per heavy atom. The molecule has 1 aliphatic heterocycles. The van der Waals surface area contributed by atoms with Crippen molar-refractivity contribution >= 4 is 40.8 Å². The molecule has 11 heteroatoms. The second kappa shape index (κ2) is 8.81. The number of aromatic amines is 1. The van der Waals surface area contributed by atoms with Crippen molar-refractivity contribution in [1.29, 1.82) is 0 Å². The number of β-amino-alcohol motifs (C(OH)–C–C–N with tert-alkyl or cyclic N) is 1. The molecule has 1 amide bonds. The molecule has 0 spiro atoms. The standard InChI is InChI=1S/C20H18ClF2N5O2S/c21-20(22,23)31-15-3-1-13(2-4-15)26-19(30)12-9-16(17-5-7-25-27-17)18(24-10-12)28-8-6-14(29)11-28/h1-5,7,9-10,14,29H,6,8,11H2,(H,25,27)(H,26,30). The Bertz CT molecular complexity index is 1060. The van der Waals surface area contributed by atoms with Crippen LogP contribution in [0.15, 0.2) is 53.7 Å². The van der Waals surface area contributed by atoms with Crippen molar-refractivity contribution in [2.45, 2.75) is 22.1 Å². The van der Waals surface area contributed by atoms with Crippen molar-refractivity contribution in [3.63, 3.8) is 0 Å². The highest BCUT2D eigenvalue weighted by Gasteiger charge is 2.27. The van der Waals surface area contributed by atoms with Gasteiger partial charge in [-0.05, 0) is 66.2 Å². The van der Waals surface area contributed by atoms with Gasteiger partial charge in [0, 0.05) is 41.6 Å². The lowest BCUT2D eigenvalue weighted by molar-refractivity contribution is 0.102. The third-order valence-electron chi connectivity index (χ3n) is 4.73. The molecular weight excluding hydrogens is 448 g/mol. The van der Waals surface area contributed by atoms with Crippen LogP contribution in [0.25, 0.3) is 11.3 Å². The number of nitrogens with zero attached hydrogens (tertiary/aromatic N) is 3. The number of carbonyl (C=O) groups is 1. The third-order valence-corrected chi connectivity index (χ3v) is 5.70. The molecule has 7 nitrogen and oxygen atoms in total. The van der Waals surface area contributed by atoms with Crippen LogP contribution in [0.2, 0.25) is 0 Å². The molecule has 1 atom stereocenters. The fraction of sp³-hybridized carbons (Fsp3) is 0.250. The Kier molecular flexibility index (Phi) is 6.12. The van der Waals surface area contributed by atoms with Gasteiger partial charge in [-0.1, -0.05) is 0 Å². The lowest BCUT2D eigenvalue weighted by Crippen LogP contribution is -2.23. The maximum atomic E-state index is 12.9. The fourth-order valence-corrected chi connectivity index (χ4v) is 4.12. The minimum absolute atomic E-state index is 0.216. The number of carbonyl (C=O) groups excluding carboxylic acids is 1. The predicted octanol–water partition coefficient (Wildman–Crippen LogP) is 4.18. The highest BCUT2D eigenvalue weighted by molar-refractivity contribution is 8.01. The Labute approximate surface area is 185 Å². The zero-order chi connectivity index (χ0) is 22.0. The summed E-state index contributed by atoms with van der Waals surface area (Å²) in [5.41, 5.74) is 2.15. The number of hydrogen-bond acceptors (Lipinski definition) is 6. The minimum Gasteiger partial charge on any atom is -0.391 e. The molecule has 4 rings (SSSR count). The molecule has 1 saturated heterocycles. The van der Waals surface area contributed by atoms with Crippen molar-refractivity contribution in [2.75, 3.05) is 23.3 Å². The van der Waals surface area contributed by atoms with Crippen LogP contribution in [-0.4, -0.2) is 50.1 Å². The number of thioether (sulfide) groups is 1. The normalized spacial score (nSPS) is 16.5. The first kappa shape index (κ1) is 21.5. The molecule has 2 aromatic heterocycles. The van der Waals surface area contributed by atoms with Gasteiger partial charge in [0.25, 0.3) is 5.91 Å². The van der Waals surface area contributed by atoms with E-state index in [2.05, 4.69) is 20.5 Å². The third kappa shape index (κ3) is 5.33. The lowest BCUT2D eigenvalue weighted by atomic mass is 10.1. The van der Waals surface area contributed by atoms with Crippen LogP contribution in [0.5, 0.6) is 0 Å². The van der Waals surface area contributed by atoms with Crippen molar-refractivity contribution in [2.24, 2.45) is 0 Å². The van der Waals surface area contributed by atoms with E-state index in [1.54, 1.807) is 18.3 Å². The highest BCUT2D eigenvalue weighted by atomic mass is 35.5. The van der Waals surface area contributed by atoms with Gasteiger partial charge in [-0.2, -0.15) is 13.9 Å². The monoisotopic (exact) mass is 465 g/mol. The SMILES string of the molecule is O=C(Nc1ccc(SC(F)(F)Cl)cc1)c1cnc(N2CCC(O)C2)c(-c2ccn[nH]2)c1. The van der Waals surface area contributed by atoms with E-state index in [-0.39, 0.29) is 16.7 Å². The molecule has 1 fully saturated rings. The van der Waals surface area contributed by atoms with E-state index < -0.39 is 16.7 Å². The van der Waals surface area contributed by atoms with Gasteiger partial charge in [0.1, 0.15) is 5.82 Å². The summed E-state index contributed by atoms with van der Waals surface area (Å²) in [6, 6.07) is 9.42. The van der Waals surface area contributed by atoms with Gasteiger partial charge in [-0.25, -0.2) is 4.98 Å². The van der Waals surface area contributed by atoms with Gasteiger partial charge in [0.15, 0.2) is 0 Å². The minimum atomic E-state index is -3.40. The number of aliphatic hydroxyl groups is 1. The van der Waals surface area contributed by atoms with Crippen LogP contribution in [0, 0.1) is 0 Å². The van der Waals surface area contributed by atoms with Gasteiger partial charge in [-0.15, -0.1) is 0 Å².